The van der Waals surface area contributed by atoms with Crippen LogP contribution in [0.2, 0.25) is 0 Å². The van der Waals surface area contributed by atoms with Gasteiger partial charge in [-0.2, -0.15) is 0 Å². The summed E-state index contributed by atoms with van der Waals surface area (Å²) in [5.74, 6) is 0. The minimum Gasteiger partial charge on any atom is -0.351 e. The van der Waals surface area contributed by atoms with Gasteiger partial charge >= 0.3 is 0 Å². The summed E-state index contributed by atoms with van der Waals surface area (Å²) in [4.78, 5) is 0. The summed E-state index contributed by atoms with van der Waals surface area (Å²) < 4.78 is 3.43. The molecule has 2 aromatic rings. The lowest BCUT2D eigenvalue weighted by molar-refractivity contribution is 0.548. The van der Waals surface area contributed by atoms with Gasteiger partial charge < -0.3 is 9.88 Å². The summed E-state index contributed by atoms with van der Waals surface area (Å²) in [6.07, 6.45) is 2.13. The highest BCUT2D eigenvalue weighted by Crippen LogP contribution is 2.22. The highest BCUT2D eigenvalue weighted by molar-refractivity contribution is 9.10. The Morgan fingerprint density at radius 2 is 2.00 bits per heavy atom. The van der Waals surface area contributed by atoms with Crippen LogP contribution >= 0.6 is 15.9 Å². The standard InChI is InChI=1S/C15H19BrN2/c1-3-18-10-6-7-13(18)11-17-12(2)14-8-4-5-9-15(14)16/h4-10,12,17H,3,11H2,1-2H3/t12-/m1/s1. The van der Waals surface area contributed by atoms with E-state index in [0.717, 1.165) is 17.6 Å². The molecule has 96 valence electrons. The zero-order valence-electron chi connectivity index (χ0n) is 10.9. The molecule has 0 amide bonds. The second kappa shape index (κ2) is 6.21. The zero-order valence-corrected chi connectivity index (χ0v) is 12.4. The molecular weight excluding hydrogens is 288 g/mol. The Kier molecular flexibility index (Phi) is 4.61. The minimum atomic E-state index is 0.334. The zero-order chi connectivity index (χ0) is 13.0. The summed E-state index contributed by atoms with van der Waals surface area (Å²) in [5.41, 5.74) is 2.63. The fraction of sp³-hybridized carbons (Fsp3) is 0.333. The van der Waals surface area contributed by atoms with E-state index in [0.29, 0.717) is 6.04 Å². The Bertz CT molecular complexity index is 505. The Morgan fingerprint density at radius 3 is 2.72 bits per heavy atom. The molecule has 2 rings (SSSR count). The quantitative estimate of drug-likeness (QED) is 0.879. The molecule has 0 aliphatic heterocycles. The molecule has 0 spiro atoms. The van der Waals surface area contributed by atoms with Gasteiger partial charge in [0.25, 0.3) is 0 Å². The van der Waals surface area contributed by atoms with Gasteiger partial charge in [-0.05, 0) is 37.6 Å². The van der Waals surface area contributed by atoms with E-state index in [1.54, 1.807) is 0 Å². The lowest BCUT2D eigenvalue weighted by atomic mass is 10.1. The number of aryl methyl sites for hydroxylation is 1. The average molecular weight is 307 g/mol. The monoisotopic (exact) mass is 306 g/mol. The first-order valence-corrected chi connectivity index (χ1v) is 7.13. The third-order valence-corrected chi connectivity index (χ3v) is 3.95. The van der Waals surface area contributed by atoms with Crippen LogP contribution in [-0.2, 0) is 13.1 Å². The molecule has 0 aliphatic rings. The van der Waals surface area contributed by atoms with Crippen LogP contribution < -0.4 is 5.32 Å². The van der Waals surface area contributed by atoms with E-state index in [1.807, 2.05) is 6.07 Å². The number of aromatic nitrogens is 1. The van der Waals surface area contributed by atoms with Crippen molar-refractivity contribution in [2.45, 2.75) is 33.0 Å². The predicted octanol–water partition coefficient (Wildman–Crippen LogP) is 4.12. The van der Waals surface area contributed by atoms with E-state index in [9.17, 15) is 0 Å². The van der Waals surface area contributed by atoms with Crippen LogP contribution in [0.25, 0.3) is 0 Å². The number of halogens is 1. The molecule has 1 N–H and O–H groups in total. The Balaban J connectivity index is 2.01. The molecule has 0 aliphatic carbocycles. The maximum absolute atomic E-state index is 3.60. The number of benzene rings is 1. The Labute approximate surface area is 117 Å². The second-order valence-corrected chi connectivity index (χ2v) is 5.26. The van der Waals surface area contributed by atoms with Crippen LogP contribution in [0, 0.1) is 0 Å². The molecule has 1 atom stereocenters. The molecular formula is C15H19BrN2. The molecule has 0 bridgehead atoms. The predicted molar refractivity (Wildman–Crippen MR) is 79.5 cm³/mol. The number of hydrogen-bond donors (Lipinski definition) is 1. The fourth-order valence-corrected chi connectivity index (χ4v) is 2.74. The van der Waals surface area contributed by atoms with Gasteiger partial charge in [0.1, 0.15) is 0 Å². The van der Waals surface area contributed by atoms with Crippen LogP contribution in [0.1, 0.15) is 31.1 Å². The molecule has 0 unspecified atom stereocenters. The van der Waals surface area contributed by atoms with Gasteiger partial charge in [-0.25, -0.2) is 0 Å². The van der Waals surface area contributed by atoms with Gasteiger partial charge in [-0.15, -0.1) is 0 Å². The van der Waals surface area contributed by atoms with Crippen molar-refractivity contribution in [3.05, 3.63) is 58.3 Å². The van der Waals surface area contributed by atoms with Crippen LogP contribution in [0.3, 0.4) is 0 Å². The number of nitrogens with zero attached hydrogens (tertiary/aromatic N) is 1. The van der Waals surface area contributed by atoms with E-state index in [-0.39, 0.29) is 0 Å². The van der Waals surface area contributed by atoms with Crippen LogP contribution in [0.5, 0.6) is 0 Å². The molecule has 0 radical (unpaired) electrons. The van der Waals surface area contributed by atoms with Crippen LogP contribution in [0.4, 0.5) is 0 Å². The highest BCUT2D eigenvalue weighted by Gasteiger charge is 2.08. The van der Waals surface area contributed by atoms with Crippen LogP contribution in [0.15, 0.2) is 47.1 Å². The Morgan fingerprint density at radius 1 is 1.22 bits per heavy atom. The lowest BCUT2D eigenvalue weighted by Crippen LogP contribution is -2.20. The van der Waals surface area contributed by atoms with Crippen molar-refractivity contribution in [1.29, 1.82) is 0 Å². The summed E-state index contributed by atoms with van der Waals surface area (Å²) in [6.45, 7) is 6.27. The van der Waals surface area contributed by atoms with Crippen molar-refractivity contribution in [3.63, 3.8) is 0 Å². The summed E-state index contributed by atoms with van der Waals surface area (Å²) in [7, 11) is 0. The van der Waals surface area contributed by atoms with Gasteiger partial charge in [0.2, 0.25) is 0 Å². The third-order valence-electron chi connectivity index (χ3n) is 3.23. The Hall–Kier alpha value is -1.06. The van der Waals surface area contributed by atoms with Gasteiger partial charge in [-0.1, -0.05) is 34.1 Å². The number of nitrogens with one attached hydrogen (secondary N) is 1. The summed E-state index contributed by atoms with van der Waals surface area (Å²) in [5, 5.41) is 3.57. The highest BCUT2D eigenvalue weighted by atomic mass is 79.9. The summed E-state index contributed by atoms with van der Waals surface area (Å²) >= 11 is 3.60. The van der Waals surface area contributed by atoms with Crippen molar-refractivity contribution in [2.75, 3.05) is 0 Å². The largest absolute Gasteiger partial charge is 0.351 e. The molecule has 0 saturated heterocycles. The first-order chi connectivity index (χ1) is 8.72. The van der Waals surface area contributed by atoms with Crippen molar-refractivity contribution in [1.82, 2.24) is 9.88 Å². The third kappa shape index (κ3) is 3.03. The van der Waals surface area contributed by atoms with E-state index in [4.69, 9.17) is 0 Å². The van der Waals surface area contributed by atoms with Gasteiger partial charge in [0.05, 0.1) is 0 Å². The van der Waals surface area contributed by atoms with E-state index in [1.165, 1.54) is 11.3 Å². The van der Waals surface area contributed by atoms with Crippen molar-refractivity contribution >= 4 is 15.9 Å². The average Bonchev–Trinajstić information content (AvgIpc) is 2.84. The van der Waals surface area contributed by atoms with Gasteiger partial charge in [0.15, 0.2) is 0 Å². The normalized spacial score (nSPS) is 12.6. The summed E-state index contributed by atoms with van der Waals surface area (Å²) in [6, 6.07) is 13.0. The topological polar surface area (TPSA) is 17.0 Å². The van der Waals surface area contributed by atoms with Gasteiger partial charge in [-0.3, -0.25) is 0 Å². The second-order valence-electron chi connectivity index (χ2n) is 4.41. The molecule has 0 fully saturated rings. The lowest BCUT2D eigenvalue weighted by Gasteiger charge is -2.16. The van der Waals surface area contributed by atoms with E-state index < -0.39 is 0 Å². The first kappa shape index (κ1) is 13.4. The molecule has 2 nitrogen and oxygen atoms in total. The molecule has 1 aromatic carbocycles. The van der Waals surface area contributed by atoms with E-state index in [2.05, 4.69) is 76.2 Å². The fourth-order valence-electron chi connectivity index (χ4n) is 2.11. The minimum absolute atomic E-state index is 0.334. The van der Waals surface area contributed by atoms with Gasteiger partial charge in [0, 0.05) is 35.5 Å². The number of rotatable bonds is 5. The SMILES string of the molecule is CCn1cccc1CN[C@H](C)c1ccccc1Br. The molecule has 1 aromatic heterocycles. The molecule has 3 heteroatoms. The van der Waals surface area contributed by atoms with Crippen molar-refractivity contribution < 1.29 is 0 Å². The van der Waals surface area contributed by atoms with Crippen molar-refractivity contribution in [3.8, 4) is 0 Å². The van der Waals surface area contributed by atoms with Crippen molar-refractivity contribution in [2.24, 2.45) is 0 Å². The number of hydrogen-bond acceptors (Lipinski definition) is 1. The molecule has 0 saturated carbocycles. The molecule has 1 heterocycles. The van der Waals surface area contributed by atoms with Crippen LogP contribution in [-0.4, -0.2) is 4.57 Å². The maximum Gasteiger partial charge on any atom is 0.0364 e. The maximum atomic E-state index is 3.60. The molecule has 18 heavy (non-hydrogen) atoms. The van der Waals surface area contributed by atoms with E-state index >= 15 is 0 Å². The smallest absolute Gasteiger partial charge is 0.0364 e. The first-order valence-electron chi connectivity index (χ1n) is 6.34.